The van der Waals surface area contributed by atoms with Crippen molar-refractivity contribution in [2.24, 2.45) is 0 Å². The van der Waals surface area contributed by atoms with Gasteiger partial charge in [-0.3, -0.25) is 4.79 Å². The van der Waals surface area contributed by atoms with Gasteiger partial charge in [0.1, 0.15) is 6.61 Å². The molecule has 0 saturated carbocycles. The van der Waals surface area contributed by atoms with Gasteiger partial charge in [-0.15, -0.1) is 0 Å². The second-order valence-electron chi connectivity index (χ2n) is 14.2. The Morgan fingerprint density at radius 3 is 1.30 bits per heavy atom. The van der Waals surface area contributed by atoms with Gasteiger partial charge in [-0.1, -0.05) is 48.5 Å². The van der Waals surface area contributed by atoms with Crippen molar-refractivity contribution in [3.63, 3.8) is 0 Å². The summed E-state index contributed by atoms with van der Waals surface area (Å²) in [4.78, 5) is 16.0. The fourth-order valence-electron chi connectivity index (χ4n) is 6.64. The first-order chi connectivity index (χ1) is 25.9. The smallest absolute Gasteiger partial charge is 0.302 e. The van der Waals surface area contributed by atoms with Gasteiger partial charge in [-0.2, -0.15) is 0 Å². The number of anilines is 6. The van der Waals surface area contributed by atoms with Crippen LogP contribution in [-0.2, 0) is 27.5 Å². The van der Waals surface area contributed by atoms with Crippen molar-refractivity contribution < 1.29 is 19.4 Å². The summed E-state index contributed by atoms with van der Waals surface area (Å²) in [6, 6.07) is 43.1. The number of hydrogen-bond donors (Lipinski definition) is 1. The van der Waals surface area contributed by atoms with E-state index in [0.717, 1.165) is 67.5 Å². The van der Waals surface area contributed by atoms with Gasteiger partial charge >= 0.3 is 5.97 Å². The van der Waals surface area contributed by atoms with Crippen molar-refractivity contribution >= 4 is 40.1 Å². The number of hydrogen-bond acceptors (Lipinski definition) is 6. The van der Waals surface area contributed by atoms with Gasteiger partial charge in [-0.25, -0.2) is 0 Å². The predicted octanol–water partition coefficient (Wildman–Crippen LogP) is 12.1. The van der Waals surface area contributed by atoms with Crippen molar-refractivity contribution in [1.82, 2.24) is 0 Å². The van der Waals surface area contributed by atoms with Crippen LogP contribution >= 0.6 is 0 Å². The van der Waals surface area contributed by atoms with Crippen molar-refractivity contribution in [2.75, 3.05) is 9.80 Å². The van der Waals surface area contributed by atoms with E-state index in [9.17, 15) is 9.90 Å². The van der Waals surface area contributed by atoms with Gasteiger partial charge < -0.3 is 24.4 Å². The molecular weight excluding hydrogens is 669 g/mol. The van der Waals surface area contributed by atoms with E-state index in [4.69, 9.17) is 9.47 Å². The number of aliphatic hydroxyl groups excluding tert-OH is 1. The fourth-order valence-corrected chi connectivity index (χ4v) is 6.64. The molecule has 276 valence electrons. The number of aliphatic hydroxyl groups is 1. The van der Waals surface area contributed by atoms with Crippen LogP contribution in [0.5, 0.6) is 0 Å². The molecule has 6 nitrogen and oxygen atoms in total. The van der Waals surface area contributed by atoms with E-state index in [1.807, 2.05) is 12.1 Å². The lowest BCUT2D eigenvalue weighted by Crippen LogP contribution is -2.12. The molecule has 0 aliphatic rings. The second kappa shape index (κ2) is 16.5. The Morgan fingerprint density at radius 1 is 0.519 bits per heavy atom. The number of esters is 1. The molecule has 0 saturated heterocycles. The first kappa shape index (κ1) is 38.0. The quantitative estimate of drug-likeness (QED) is 0.100. The van der Waals surface area contributed by atoms with Crippen molar-refractivity contribution in [3.8, 4) is 11.1 Å². The Balaban J connectivity index is 1.35. The van der Waals surface area contributed by atoms with Crippen LogP contribution in [0.1, 0.15) is 58.4 Å². The summed E-state index contributed by atoms with van der Waals surface area (Å²) in [5.41, 5.74) is 17.9. The maximum absolute atomic E-state index is 11.4. The lowest BCUT2D eigenvalue weighted by Gasteiger charge is -2.29. The molecule has 1 N–H and O–H groups in total. The van der Waals surface area contributed by atoms with Crippen LogP contribution in [0.25, 0.3) is 11.1 Å². The Morgan fingerprint density at radius 2 is 0.926 bits per heavy atom. The minimum Gasteiger partial charge on any atom is -0.461 e. The number of benzene rings is 6. The number of aryl methyl sites for hydroxylation is 6. The highest BCUT2D eigenvalue weighted by Gasteiger charge is 2.19. The molecule has 1 unspecified atom stereocenters. The van der Waals surface area contributed by atoms with E-state index in [1.54, 1.807) is 6.92 Å². The number of carbonyl (C=O) groups is 1. The molecular formula is C48H50N2O4. The SMILES string of the molecule is CC(=O)OCc1ccc(N(c2ccc(C)c(C)c2)c2ccc(-c3ccc(N(c4ccc(COC(C)O)cc4)c4ccc(C)c(C)c4)c(C)c3)cc2C)cc1. The van der Waals surface area contributed by atoms with E-state index in [2.05, 4.69) is 161 Å². The van der Waals surface area contributed by atoms with Crippen molar-refractivity contribution in [2.45, 2.75) is 74.9 Å². The third kappa shape index (κ3) is 8.74. The van der Waals surface area contributed by atoms with Gasteiger partial charge in [0.15, 0.2) is 6.29 Å². The summed E-state index contributed by atoms with van der Waals surface area (Å²) in [5.74, 6) is -0.291. The lowest BCUT2D eigenvalue weighted by molar-refractivity contribution is -0.142. The molecule has 0 amide bonds. The molecule has 6 aromatic rings. The summed E-state index contributed by atoms with van der Waals surface area (Å²) >= 11 is 0. The predicted molar refractivity (Wildman–Crippen MR) is 222 cm³/mol. The third-order valence-corrected chi connectivity index (χ3v) is 10.0. The summed E-state index contributed by atoms with van der Waals surface area (Å²) in [6.07, 6.45) is -0.812. The monoisotopic (exact) mass is 718 g/mol. The summed E-state index contributed by atoms with van der Waals surface area (Å²) in [5, 5.41) is 9.59. The number of rotatable bonds is 12. The molecule has 0 aromatic heterocycles. The van der Waals surface area contributed by atoms with Crippen LogP contribution < -0.4 is 9.80 Å². The van der Waals surface area contributed by atoms with Crippen LogP contribution in [0.4, 0.5) is 34.1 Å². The molecule has 0 radical (unpaired) electrons. The largest absolute Gasteiger partial charge is 0.461 e. The average molecular weight is 719 g/mol. The van der Waals surface area contributed by atoms with E-state index < -0.39 is 6.29 Å². The van der Waals surface area contributed by atoms with E-state index in [-0.39, 0.29) is 12.6 Å². The zero-order valence-electron chi connectivity index (χ0n) is 32.6. The van der Waals surface area contributed by atoms with Crippen LogP contribution in [0.3, 0.4) is 0 Å². The van der Waals surface area contributed by atoms with E-state index in [1.165, 1.54) is 29.2 Å². The first-order valence-electron chi connectivity index (χ1n) is 18.5. The second-order valence-corrected chi connectivity index (χ2v) is 14.2. The van der Waals surface area contributed by atoms with Crippen LogP contribution in [0.15, 0.2) is 121 Å². The van der Waals surface area contributed by atoms with Gasteiger partial charge in [0, 0.05) is 41.0 Å². The Bertz CT molecular complexity index is 2260. The van der Waals surface area contributed by atoms with Gasteiger partial charge in [0.2, 0.25) is 0 Å². The molecule has 6 rings (SSSR count). The molecule has 0 bridgehead atoms. The maximum Gasteiger partial charge on any atom is 0.302 e. The molecule has 6 aromatic carbocycles. The first-order valence-corrected chi connectivity index (χ1v) is 18.5. The normalized spacial score (nSPS) is 11.6. The summed E-state index contributed by atoms with van der Waals surface area (Å²) < 4.78 is 10.7. The highest BCUT2D eigenvalue weighted by Crippen LogP contribution is 2.41. The molecule has 0 fully saturated rings. The minimum atomic E-state index is -0.812. The molecule has 1 atom stereocenters. The highest BCUT2D eigenvalue weighted by molar-refractivity contribution is 5.83. The minimum absolute atomic E-state index is 0.250. The molecule has 0 aliphatic heterocycles. The average Bonchev–Trinajstić information content (AvgIpc) is 3.15. The van der Waals surface area contributed by atoms with Crippen LogP contribution in [0, 0.1) is 41.5 Å². The Kier molecular flexibility index (Phi) is 11.7. The number of ether oxygens (including phenoxy) is 2. The standard InChI is InChI=1S/C48H50N2O4/c1-31-9-17-45(27-33(31)3)49(43-19-11-39(12-20-43)29-53-37(7)51)47-23-15-41(25-35(47)5)42-16-24-48(36(6)26-42)50(46-18-10-32(2)34(4)28-46)44-21-13-40(14-22-44)30-54-38(8)52/h9-28,37,51H,29-30H2,1-8H3. The molecule has 0 aliphatic carbocycles. The zero-order chi connectivity index (χ0) is 38.5. The van der Waals surface area contributed by atoms with E-state index >= 15 is 0 Å². The number of nitrogens with zero attached hydrogens (tertiary/aromatic N) is 2. The van der Waals surface area contributed by atoms with Crippen molar-refractivity contribution in [1.29, 1.82) is 0 Å². The van der Waals surface area contributed by atoms with Crippen LogP contribution in [0.2, 0.25) is 0 Å². The van der Waals surface area contributed by atoms with Gasteiger partial charge in [0.25, 0.3) is 0 Å². The molecule has 6 heteroatoms. The summed E-state index contributed by atoms with van der Waals surface area (Å²) in [7, 11) is 0. The third-order valence-electron chi connectivity index (χ3n) is 10.0. The Labute approximate surface area is 320 Å². The van der Waals surface area contributed by atoms with Gasteiger partial charge in [-0.05, 0) is 177 Å². The number of carbonyl (C=O) groups excluding carboxylic acids is 1. The molecule has 0 heterocycles. The zero-order valence-corrected chi connectivity index (χ0v) is 32.6. The molecule has 54 heavy (non-hydrogen) atoms. The fraction of sp³-hybridized carbons (Fsp3) is 0.229. The highest BCUT2D eigenvalue weighted by atomic mass is 16.6. The molecule has 0 spiro atoms. The lowest BCUT2D eigenvalue weighted by atomic mass is 9.98. The van der Waals surface area contributed by atoms with Crippen molar-refractivity contribution in [3.05, 3.63) is 166 Å². The van der Waals surface area contributed by atoms with E-state index in [0.29, 0.717) is 6.61 Å². The Hall–Kier alpha value is -5.69. The van der Waals surface area contributed by atoms with Crippen LogP contribution in [-0.4, -0.2) is 17.4 Å². The topological polar surface area (TPSA) is 62.2 Å². The van der Waals surface area contributed by atoms with Gasteiger partial charge in [0.05, 0.1) is 6.61 Å². The maximum atomic E-state index is 11.4. The summed E-state index contributed by atoms with van der Waals surface area (Å²) in [6.45, 7) is 16.6.